The zero-order valence-corrected chi connectivity index (χ0v) is 9.60. The minimum atomic E-state index is -3.34. The molecule has 1 aliphatic rings. The van der Waals surface area contributed by atoms with Crippen molar-refractivity contribution < 1.29 is 13.2 Å². The van der Waals surface area contributed by atoms with Crippen LogP contribution in [0.4, 0.5) is 0 Å². The van der Waals surface area contributed by atoms with Gasteiger partial charge in [0, 0.05) is 12.6 Å². The highest BCUT2D eigenvalue weighted by Crippen LogP contribution is 2.12. The third kappa shape index (κ3) is 2.88. The predicted octanol–water partition coefficient (Wildman–Crippen LogP) is -0.677. The second kappa shape index (κ2) is 4.52. The minimum absolute atomic E-state index is 0.00342. The molecule has 0 aliphatic carbocycles. The highest BCUT2D eigenvalue weighted by atomic mass is 32.2. The SMILES string of the molecule is CC1COCCN1S(=O)(=O)CC(N)=S. The van der Waals surface area contributed by atoms with Crippen molar-refractivity contribution in [3.05, 3.63) is 0 Å². The van der Waals surface area contributed by atoms with Gasteiger partial charge in [-0.2, -0.15) is 4.31 Å². The van der Waals surface area contributed by atoms with E-state index in [-0.39, 0.29) is 16.8 Å². The number of sulfonamides is 1. The van der Waals surface area contributed by atoms with E-state index in [2.05, 4.69) is 12.2 Å². The van der Waals surface area contributed by atoms with Gasteiger partial charge in [0.1, 0.15) is 5.75 Å². The van der Waals surface area contributed by atoms with Crippen molar-refractivity contribution in [2.24, 2.45) is 5.73 Å². The maximum atomic E-state index is 11.7. The van der Waals surface area contributed by atoms with Gasteiger partial charge < -0.3 is 10.5 Å². The number of morpholine rings is 1. The fourth-order valence-electron chi connectivity index (χ4n) is 1.39. The molecule has 1 unspecified atom stereocenters. The van der Waals surface area contributed by atoms with Gasteiger partial charge in [-0.15, -0.1) is 0 Å². The molecule has 0 aromatic rings. The number of nitrogens with two attached hydrogens (primary N) is 1. The van der Waals surface area contributed by atoms with Crippen LogP contribution >= 0.6 is 12.2 Å². The van der Waals surface area contributed by atoms with Gasteiger partial charge in [-0.1, -0.05) is 12.2 Å². The fraction of sp³-hybridized carbons (Fsp3) is 0.857. The van der Waals surface area contributed by atoms with Crippen molar-refractivity contribution in [3.8, 4) is 0 Å². The Labute approximate surface area is 89.3 Å². The van der Waals surface area contributed by atoms with Crippen molar-refractivity contribution in [3.63, 3.8) is 0 Å². The molecule has 1 rings (SSSR count). The maximum Gasteiger partial charge on any atom is 0.221 e. The van der Waals surface area contributed by atoms with Gasteiger partial charge in [-0.05, 0) is 6.92 Å². The van der Waals surface area contributed by atoms with E-state index in [9.17, 15) is 8.42 Å². The Balaban J connectivity index is 2.75. The van der Waals surface area contributed by atoms with E-state index in [1.54, 1.807) is 6.92 Å². The van der Waals surface area contributed by atoms with E-state index in [0.29, 0.717) is 19.8 Å². The summed E-state index contributed by atoms with van der Waals surface area (Å²) in [5, 5.41) is 0. The largest absolute Gasteiger partial charge is 0.392 e. The molecular formula is C7H14N2O3S2. The third-order valence-corrected chi connectivity index (χ3v) is 4.25. The number of ether oxygens (including phenoxy) is 1. The Kier molecular flexibility index (Phi) is 3.82. The summed E-state index contributed by atoms with van der Waals surface area (Å²) >= 11 is 4.59. The Morgan fingerprint density at radius 3 is 2.86 bits per heavy atom. The van der Waals surface area contributed by atoms with E-state index < -0.39 is 10.0 Å². The average Bonchev–Trinajstić information content (AvgIpc) is 2.02. The zero-order chi connectivity index (χ0) is 10.8. The van der Waals surface area contributed by atoms with Gasteiger partial charge in [0.15, 0.2) is 0 Å². The van der Waals surface area contributed by atoms with Crippen LogP contribution in [0, 0.1) is 0 Å². The van der Waals surface area contributed by atoms with Crippen molar-refractivity contribution in [1.29, 1.82) is 0 Å². The predicted molar refractivity (Wildman–Crippen MR) is 57.6 cm³/mol. The second-order valence-electron chi connectivity index (χ2n) is 3.26. The number of thiocarbonyl (C=S) groups is 1. The molecule has 14 heavy (non-hydrogen) atoms. The van der Waals surface area contributed by atoms with Crippen molar-refractivity contribution >= 4 is 27.2 Å². The highest BCUT2D eigenvalue weighted by molar-refractivity contribution is 7.92. The van der Waals surface area contributed by atoms with Crippen LogP contribution in [0.1, 0.15) is 6.92 Å². The average molecular weight is 238 g/mol. The molecule has 7 heteroatoms. The van der Waals surface area contributed by atoms with Gasteiger partial charge in [-0.3, -0.25) is 0 Å². The summed E-state index contributed by atoms with van der Waals surface area (Å²) in [7, 11) is -3.34. The first-order valence-corrected chi connectivity index (χ1v) is 6.31. The maximum absolute atomic E-state index is 11.7. The molecular weight excluding hydrogens is 224 g/mol. The van der Waals surface area contributed by atoms with Gasteiger partial charge in [0.25, 0.3) is 0 Å². The Morgan fingerprint density at radius 2 is 2.36 bits per heavy atom. The molecule has 0 aromatic heterocycles. The molecule has 1 aliphatic heterocycles. The summed E-state index contributed by atoms with van der Waals surface area (Å²) in [5.74, 6) is -0.257. The minimum Gasteiger partial charge on any atom is -0.392 e. The monoisotopic (exact) mass is 238 g/mol. The quantitative estimate of drug-likeness (QED) is 0.660. The van der Waals surface area contributed by atoms with Crippen LogP contribution in [-0.4, -0.2) is 49.3 Å². The number of hydrogen-bond donors (Lipinski definition) is 1. The molecule has 1 saturated heterocycles. The first-order chi connectivity index (χ1) is 6.43. The topological polar surface area (TPSA) is 72.6 Å². The molecule has 0 saturated carbocycles. The zero-order valence-electron chi connectivity index (χ0n) is 7.97. The van der Waals surface area contributed by atoms with E-state index >= 15 is 0 Å². The fourth-order valence-corrected chi connectivity index (χ4v) is 3.32. The lowest BCUT2D eigenvalue weighted by Gasteiger charge is -2.32. The number of rotatable bonds is 3. The Hall–Kier alpha value is -0.240. The van der Waals surface area contributed by atoms with Gasteiger partial charge in [0.2, 0.25) is 10.0 Å². The van der Waals surface area contributed by atoms with Crippen LogP contribution in [0.2, 0.25) is 0 Å². The van der Waals surface area contributed by atoms with Crippen molar-refractivity contribution in [2.45, 2.75) is 13.0 Å². The molecule has 1 atom stereocenters. The van der Waals surface area contributed by atoms with Crippen LogP contribution in [0.3, 0.4) is 0 Å². The summed E-state index contributed by atoms with van der Waals surface area (Å²) in [6.45, 7) is 3.04. The molecule has 2 N–H and O–H groups in total. The second-order valence-corrected chi connectivity index (χ2v) is 5.70. The van der Waals surface area contributed by atoms with E-state index in [4.69, 9.17) is 10.5 Å². The molecule has 82 valence electrons. The first kappa shape index (κ1) is 11.8. The van der Waals surface area contributed by atoms with Crippen LogP contribution in [-0.2, 0) is 14.8 Å². The summed E-state index contributed by atoms with van der Waals surface area (Å²) in [6.07, 6.45) is 0. The van der Waals surface area contributed by atoms with Crippen molar-refractivity contribution in [1.82, 2.24) is 4.31 Å². The first-order valence-electron chi connectivity index (χ1n) is 4.29. The molecule has 0 bridgehead atoms. The molecule has 0 spiro atoms. The molecule has 0 amide bonds. The molecule has 0 radical (unpaired) electrons. The third-order valence-electron chi connectivity index (χ3n) is 1.99. The standard InChI is InChI=1S/C7H14N2O3S2/c1-6-4-12-3-2-9(6)14(10,11)5-7(8)13/h6H,2-5H2,1H3,(H2,8,13). The van der Waals surface area contributed by atoms with Crippen molar-refractivity contribution in [2.75, 3.05) is 25.5 Å². The van der Waals surface area contributed by atoms with Gasteiger partial charge >= 0.3 is 0 Å². The number of hydrogen-bond acceptors (Lipinski definition) is 4. The summed E-state index contributed by atoms with van der Waals surface area (Å²) in [6, 6.07) is -0.136. The van der Waals surface area contributed by atoms with Gasteiger partial charge in [0.05, 0.1) is 18.2 Å². The smallest absolute Gasteiger partial charge is 0.221 e. The summed E-state index contributed by atoms with van der Waals surface area (Å²) in [5.41, 5.74) is 5.23. The normalized spacial score (nSPS) is 24.8. The van der Waals surface area contributed by atoms with E-state index in [1.165, 1.54) is 4.31 Å². The highest BCUT2D eigenvalue weighted by Gasteiger charge is 2.30. The van der Waals surface area contributed by atoms with E-state index in [0.717, 1.165) is 0 Å². The lowest BCUT2D eigenvalue weighted by atomic mass is 10.3. The summed E-state index contributed by atoms with van der Waals surface area (Å²) < 4.78 is 30.0. The lowest BCUT2D eigenvalue weighted by Crippen LogP contribution is -2.49. The Bertz CT molecular complexity index is 315. The lowest BCUT2D eigenvalue weighted by molar-refractivity contribution is 0.0395. The van der Waals surface area contributed by atoms with Gasteiger partial charge in [-0.25, -0.2) is 8.42 Å². The molecule has 5 nitrogen and oxygen atoms in total. The van der Waals surface area contributed by atoms with Crippen LogP contribution in [0.15, 0.2) is 0 Å². The summed E-state index contributed by atoms with van der Waals surface area (Å²) in [4.78, 5) is 0.00342. The Morgan fingerprint density at radius 1 is 1.71 bits per heavy atom. The molecule has 1 fully saturated rings. The molecule has 1 heterocycles. The molecule has 0 aromatic carbocycles. The van der Waals surface area contributed by atoms with Crippen LogP contribution < -0.4 is 5.73 Å². The van der Waals surface area contributed by atoms with Crippen LogP contribution in [0.5, 0.6) is 0 Å². The van der Waals surface area contributed by atoms with Crippen LogP contribution in [0.25, 0.3) is 0 Å². The number of nitrogens with zero attached hydrogens (tertiary/aromatic N) is 1. The van der Waals surface area contributed by atoms with E-state index in [1.807, 2.05) is 0 Å².